The Labute approximate surface area is 216 Å². The van der Waals surface area contributed by atoms with Crippen molar-refractivity contribution in [2.24, 2.45) is 0 Å². The Kier molecular flexibility index (Phi) is 9.78. The van der Waals surface area contributed by atoms with Gasteiger partial charge in [-0.05, 0) is 43.9 Å². The highest BCUT2D eigenvalue weighted by Gasteiger charge is 2.33. The summed E-state index contributed by atoms with van der Waals surface area (Å²) in [4.78, 5) is 40.4. The first-order chi connectivity index (χ1) is 17.2. The molecule has 2 atom stereocenters. The Balaban J connectivity index is 1.81. The van der Waals surface area contributed by atoms with Crippen LogP contribution < -0.4 is 10.6 Å². The summed E-state index contributed by atoms with van der Waals surface area (Å²) in [5.41, 5.74) is 1.49. The summed E-state index contributed by atoms with van der Waals surface area (Å²) in [6, 6.07) is 13.1. The topological polar surface area (TPSA) is 119 Å². The number of phenols is 1. The molecule has 0 unspecified atom stereocenters. The van der Waals surface area contributed by atoms with Crippen LogP contribution in [0.4, 0.5) is 0 Å². The Bertz CT molecular complexity index is 1060. The Morgan fingerprint density at radius 1 is 1.08 bits per heavy atom. The van der Waals surface area contributed by atoms with Crippen LogP contribution in [0.25, 0.3) is 0 Å². The summed E-state index contributed by atoms with van der Waals surface area (Å²) in [5.74, 6) is -1.17. The highest BCUT2D eigenvalue weighted by molar-refractivity contribution is 7.99. The normalized spacial score (nSPS) is 14.7. The lowest BCUT2D eigenvalue weighted by molar-refractivity contribution is -0.143. The summed E-state index contributed by atoms with van der Waals surface area (Å²) >= 11 is 1.49. The number of rotatable bonds is 12. The van der Waals surface area contributed by atoms with E-state index in [0.717, 1.165) is 18.4 Å². The van der Waals surface area contributed by atoms with Crippen LogP contribution in [0.5, 0.6) is 5.75 Å². The summed E-state index contributed by atoms with van der Waals surface area (Å²) in [5, 5.41) is 27.1. The molecule has 8 nitrogen and oxygen atoms in total. The number of carbonyl (C=O) groups is 3. The molecule has 36 heavy (non-hydrogen) atoms. The van der Waals surface area contributed by atoms with Crippen LogP contribution in [0.15, 0.2) is 48.5 Å². The van der Waals surface area contributed by atoms with Crippen molar-refractivity contribution < 1.29 is 24.6 Å². The van der Waals surface area contributed by atoms with Crippen molar-refractivity contribution in [2.75, 3.05) is 12.4 Å². The summed E-state index contributed by atoms with van der Waals surface area (Å²) in [6.45, 7) is 5.44. The van der Waals surface area contributed by atoms with Crippen LogP contribution in [-0.4, -0.2) is 68.7 Å². The highest BCUT2D eigenvalue weighted by Crippen LogP contribution is 2.21. The molecular weight excluding hydrogens is 478 g/mol. The molecule has 1 aliphatic rings. The van der Waals surface area contributed by atoms with Gasteiger partial charge in [0.25, 0.3) is 11.8 Å². The second-order valence-electron chi connectivity index (χ2n) is 9.39. The van der Waals surface area contributed by atoms with Gasteiger partial charge in [-0.1, -0.05) is 50.2 Å². The predicted molar refractivity (Wildman–Crippen MR) is 141 cm³/mol. The minimum absolute atomic E-state index is 0.0163. The molecule has 9 heteroatoms. The van der Waals surface area contributed by atoms with E-state index in [1.54, 1.807) is 19.1 Å². The molecule has 1 fully saturated rings. The average molecular weight is 514 g/mol. The first-order valence-electron chi connectivity index (χ1n) is 12.2. The maximum atomic E-state index is 13.5. The number of hydrogen-bond donors (Lipinski definition) is 4. The fraction of sp³-hybridized carbons (Fsp3) is 0.444. The smallest absolute Gasteiger partial charge is 0.254 e. The molecule has 194 valence electrons. The summed E-state index contributed by atoms with van der Waals surface area (Å²) < 4.78 is 0. The first-order valence-corrected chi connectivity index (χ1v) is 13.2. The van der Waals surface area contributed by atoms with E-state index in [4.69, 9.17) is 0 Å². The number of nitrogens with one attached hydrogen (secondary N) is 2. The zero-order chi connectivity index (χ0) is 26.2. The molecule has 0 aromatic heterocycles. The number of aliphatic hydroxyl groups is 1. The number of phenolic OH excluding ortho intramolecular Hbond substituents is 1. The Morgan fingerprint density at radius 2 is 1.78 bits per heavy atom. The van der Waals surface area contributed by atoms with E-state index in [-0.39, 0.29) is 47.4 Å². The Hall–Kier alpha value is -3.04. The van der Waals surface area contributed by atoms with Crippen LogP contribution in [0.1, 0.15) is 48.2 Å². The molecule has 2 aromatic carbocycles. The van der Waals surface area contributed by atoms with Gasteiger partial charge in [-0.15, -0.1) is 11.8 Å². The van der Waals surface area contributed by atoms with Crippen LogP contribution in [0.2, 0.25) is 0 Å². The molecule has 4 N–H and O–H groups in total. The maximum Gasteiger partial charge on any atom is 0.254 e. The number of hydrogen-bond acceptors (Lipinski definition) is 6. The molecule has 3 rings (SSSR count). The predicted octanol–water partition coefficient (Wildman–Crippen LogP) is 2.61. The minimum atomic E-state index is -1.58. The van der Waals surface area contributed by atoms with Gasteiger partial charge >= 0.3 is 0 Å². The van der Waals surface area contributed by atoms with E-state index in [1.807, 2.05) is 44.2 Å². The van der Waals surface area contributed by atoms with Crippen LogP contribution >= 0.6 is 11.8 Å². The fourth-order valence-corrected chi connectivity index (χ4v) is 4.38. The molecule has 1 saturated carbocycles. The number of aromatic hydroxyl groups is 1. The molecule has 0 bridgehead atoms. The van der Waals surface area contributed by atoms with Gasteiger partial charge in [0.15, 0.2) is 6.10 Å². The summed E-state index contributed by atoms with van der Waals surface area (Å²) in [7, 11) is 0. The molecule has 0 spiro atoms. The zero-order valence-corrected chi connectivity index (χ0v) is 21.8. The second-order valence-corrected chi connectivity index (χ2v) is 10.9. The fourth-order valence-electron chi connectivity index (χ4n) is 3.68. The molecular formula is C27H35N3O5S. The third-order valence-electron chi connectivity index (χ3n) is 5.95. The molecule has 0 aliphatic heterocycles. The second kappa shape index (κ2) is 12.8. The number of benzene rings is 2. The minimum Gasteiger partial charge on any atom is -0.508 e. The lowest BCUT2D eigenvalue weighted by atomic mass is 9.99. The SMILES string of the molecule is Cc1c(O)cccc1C(=O)N[C@@H](Cc1ccccc1)[C@H](O)C(=O)N(CSC(C)C)CC(=O)NC1CC1. The van der Waals surface area contributed by atoms with E-state index in [9.17, 15) is 24.6 Å². The zero-order valence-electron chi connectivity index (χ0n) is 20.9. The van der Waals surface area contributed by atoms with Gasteiger partial charge in [0.05, 0.1) is 11.9 Å². The van der Waals surface area contributed by atoms with Gasteiger partial charge in [0.2, 0.25) is 5.91 Å². The van der Waals surface area contributed by atoms with Crippen molar-refractivity contribution in [3.05, 3.63) is 65.2 Å². The average Bonchev–Trinajstić information content (AvgIpc) is 3.66. The van der Waals surface area contributed by atoms with Gasteiger partial charge < -0.3 is 25.7 Å². The van der Waals surface area contributed by atoms with Crippen LogP contribution in [-0.2, 0) is 16.0 Å². The molecule has 2 aromatic rings. The molecule has 0 radical (unpaired) electrons. The largest absolute Gasteiger partial charge is 0.508 e. The van der Waals surface area contributed by atoms with Crippen LogP contribution in [0.3, 0.4) is 0 Å². The standard InChI is InChI=1S/C27H35N3O5S/c1-17(2)36-16-30(15-24(32)28-20-12-13-20)27(35)25(33)22(14-19-8-5-4-6-9-19)29-26(34)21-10-7-11-23(31)18(21)3/h4-11,17,20,22,25,31,33H,12-16H2,1-3H3,(H,28,32)(H,29,34)/t22-,25-/m0/s1. The van der Waals surface area contributed by atoms with Gasteiger partial charge in [0.1, 0.15) is 12.3 Å². The number of carbonyl (C=O) groups excluding carboxylic acids is 3. The van der Waals surface area contributed by atoms with Gasteiger partial charge in [-0.3, -0.25) is 14.4 Å². The van der Waals surface area contributed by atoms with Crippen LogP contribution in [0, 0.1) is 6.92 Å². The highest BCUT2D eigenvalue weighted by atomic mass is 32.2. The first kappa shape index (κ1) is 27.5. The third kappa shape index (κ3) is 7.99. The Morgan fingerprint density at radius 3 is 2.42 bits per heavy atom. The maximum absolute atomic E-state index is 13.5. The number of thioether (sulfide) groups is 1. The van der Waals surface area contributed by atoms with Crippen molar-refractivity contribution in [1.82, 2.24) is 15.5 Å². The van der Waals surface area contributed by atoms with E-state index >= 15 is 0 Å². The molecule has 3 amide bonds. The van der Waals surface area contributed by atoms with E-state index < -0.39 is 24.0 Å². The van der Waals surface area contributed by atoms with E-state index in [0.29, 0.717) is 5.56 Å². The monoisotopic (exact) mass is 513 g/mol. The van der Waals surface area contributed by atoms with Crippen molar-refractivity contribution >= 4 is 29.5 Å². The molecule has 0 heterocycles. The molecule has 1 aliphatic carbocycles. The lowest BCUT2D eigenvalue weighted by Crippen LogP contribution is -2.54. The molecule has 0 saturated heterocycles. The van der Waals surface area contributed by atoms with E-state index in [1.165, 1.54) is 22.7 Å². The number of amides is 3. The van der Waals surface area contributed by atoms with Gasteiger partial charge in [-0.25, -0.2) is 0 Å². The van der Waals surface area contributed by atoms with Crippen molar-refractivity contribution in [2.45, 2.75) is 63.5 Å². The quantitative estimate of drug-likeness (QED) is 0.324. The van der Waals surface area contributed by atoms with E-state index in [2.05, 4.69) is 10.6 Å². The summed E-state index contributed by atoms with van der Waals surface area (Å²) in [6.07, 6.45) is 0.496. The van der Waals surface area contributed by atoms with Gasteiger partial charge in [-0.2, -0.15) is 0 Å². The third-order valence-corrected chi connectivity index (χ3v) is 7.08. The number of aliphatic hydroxyl groups excluding tert-OH is 1. The van der Waals surface area contributed by atoms with Crippen molar-refractivity contribution in [3.63, 3.8) is 0 Å². The van der Waals surface area contributed by atoms with Crippen molar-refractivity contribution in [1.29, 1.82) is 0 Å². The van der Waals surface area contributed by atoms with Gasteiger partial charge in [0, 0.05) is 22.4 Å². The van der Waals surface area contributed by atoms with Crippen molar-refractivity contribution in [3.8, 4) is 5.75 Å². The lowest BCUT2D eigenvalue weighted by Gasteiger charge is -2.30. The number of nitrogens with zero attached hydrogens (tertiary/aromatic N) is 1.